The van der Waals surface area contributed by atoms with Gasteiger partial charge in [-0.3, -0.25) is 13.9 Å². The Kier molecular flexibility index (Phi) is 11.5. The Morgan fingerprint density at radius 3 is 2.14 bits per heavy atom. The highest BCUT2D eigenvalue weighted by molar-refractivity contribution is 7.92. The predicted octanol–water partition coefficient (Wildman–Crippen LogP) is 6.19. The van der Waals surface area contributed by atoms with Gasteiger partial charge in [-0.1, -0.05) is 85.6 Å². The molecule has 232 valence electrons. The Morgan fingerprint density at radius 1 is 0.930 bits per heavy atom. The maximum atomic E-state index is 14.1. The molecule has 0 aliphatic carbocycles. The third-order valence-corrected chi connectivity index (χ3v) is 8.32. The molecule has 3 aromatic carbocycles. The number of carbonyl (C=O) groups excluding carboxylic acids is 2. The number of amides is 2. The van der Waals surface area contributed by atoms with Crippen LogP contribution in [-0.2, 0) is 38.8 Å². The highest BCUT2D eigenvalue weighted by Gasteiger charge is 2.36. The molecule has 1 atom stereocenters. The summed E-state index contributed by atoms with van der Waals surface area (Å²) < 4.78 is 67.1. The highest BCUT2D eigenvalue weighted by atomic mass is 35.5. The van der Waals surface area contributed by atoms with E-state index in [0.29, 0.717) is 27.5 Å². The zero-order valence-corrected chi connectivity index (χ0v) is 26.1. The molecule has 0 aromatic heterocycles. The molecule has 13 heteroatoms. The van der Waals surface area contributed by atoms with Crippen LogP contribution in [0.1, 0.15) is 30.5 Å². The first-order valence-electron chi connectivity index (χ1n) is 13.3. The van der Waals surface area contributed by atoms with E-state index in [0.717, 1.165) is 24.0 Å². The zero-order chi connectivity index (χ0) is 31.9. The van der Waals surface area contributed by atoms with Crippen LogP contribution in [0.3, 0.4) is 0 Å². The van der Waals surface area contributed by atoms with E-state index in [1.54, 1.807) is 54.6 Å². The number of rotatable bonds is 12. The lowest BCUT2D eigenvalue weighted by Gasteiger charge is -2.34. The van der Waals surface area contributed by atoms with E-state index in [9.17, 15) is 31.2 Å². The van der Waals surface area contributed by atoms with Gasteiger partial charge in [0.05, 0.1) is 22.5 Å². The predicted molar refractivity (Wildman–Crippen MR) is 162 cm³/mol. The SMILES string of the molecule is CC(C)CNC(=O)C(Cc1ccccc1)N(Cc1ccccc1Cl)C(=O)CN(c1ccc(Cl)c(C(F)(F)F)c1)S(C)(=O)=O. The molecule has 0 aliphatic rings. The fourth-order valence-electron chi connectivity index (χ4n) is 4.29. The number of hydrogen-bond donors (Lipinski definition) is 1. The molecule has 0 saturated carbocycles. The van der Waals surface area contributed by atoms with Crippen molar-refractivity contribution in [3.8, 4) is 0 Å². The summed E-state index contributed by atoms with van der Waals surface area (Å²) in [5, 5.41) is 2.54. The van der Waals surface area contributed by atoms with Crippen molar-refractivity contribution >= 4 is 50.7 Å². The Labute approximate surface area is 259 Å². The topological polar surface area (TPSA) is 86.8 Å². The molecule has 0 bridgehead atoms. The zero-order valence-electron chi connectivity index (χ0n) is 23.7. The first kappa shape index (κ1) is 34.2. The number of carbonyl (C=O) groups is 2. The van der Waals surface area contributed by atoms with Gasteiger partial charge in [0.25, 0.3) is 0 Å². The second kappa shape index (κ2) is 14.5. The lowest BCUT2D eigenvalue weighted by Crippen LogP contribution is -2.53. The Hall–Kier alpha value is -3.28. The highest BCUT2D eigenvalue weighted by Crippen LogP contribution is 2.37. The van der Waals surface area contributed by atoms with Gasteiger partial charge in [-0.25, -0.2) is 8.42 Å². The number of sulfonamides is 1. The Balaban J connectivity index is 2.10. The van der Waals surface area contributed by atoms with Crippen LogP contribution in [0.2, 0.25) is 10.0 Å². The van der Waals surface area contributed by atoms with Crippen molar-refractivity contribution in [2.45, 2.75) is 39.0 Å². The van der Waals surface area contributed by atoms with E-state index in [-0.39, 0.29) is 18.9 Å². The molecule has 2 amide bonds. The van der Waals surface area contributed by atoms with Gasteiger partial charge < -0.3 is 10.2 Å². The minimum Gasteiger partial charge on any atom is -0.354 e. The second-order valence-corrected chi connectivity index (χ2v) is 13.1. The Bertz CT molecular complexity index is 1540. The molecule has 0 fully saturated rings. The lowest BCUT2D eigenvalue weighted by molar-refractivity contribution is -0.140. The van der Waals surface area contributed by atoms with E-state index >= 15 is 0 Å². The van der Waals surface area contributed by atoms with Crippen LogP contribution in [0.5, 0.6) is 0 Å². The van der Waals surface area contributed by atoms with Crippen molar-refractivity contribution in [3.63, 3.8) is 0 Å². The van der Waals surface area contributed by atoms with Crippen molar-refractivity contribution < 1.29 is 31.2 Å². The van der Waals surface area contributed by atoms with Crippen molar-refractivity contribution in [1.82, 2.24) is 10.2 Å². The van der Waals surface area contributed by atoms with Crippen LogP contribution in [-0.4, -0.2) is 50.5 Å². The Morgan fingerprint density at radius 2 is 1.56 bits per heavy atom. The molecule has 3 aromatic rings. The number of nitrogens with one attached hydrogen (secondary N) is 1. The van der Waals surface area contributed by atoms with E-state index in [2.05, 4.69) is 5.32 Å². The smallest absolute Gasteiger partial charge is 0.354 e. The number of halogens is 5. The summed E-state index contributed by atoms with van der Waals surface area (Å²) in [6, 6.07) is 17.1. The summed E-state index contributed by atoms with van der Waals surface area (Å²) in [5.41, 5.74) is -0.439. The molecule has 7 nitrogen and oxygen atoms in total. The van der Waals surface area contributed by atoms with Crippen molar-refractivity contribution in [2.24, 2.45) is 5.92 Å². The van der Waals surface area contributed by atoms with Gasteiger partial charge in [-0.05, 0) is 41.3 Å². The molecule has 43 heavy (non-hydrogen) atoms. The third-order valence-electron chi connectivity index (χ3n) is 6.48. The average molecular weight is 659 g/mol. The standard InChI is InChI=1S/C30H32Cl2F3N3O4S/c1-20(2)17-36-29(40)27(15-21-9-5-4-6-10-21)37(18-22-11-7-8-12-25(22)31)28(39)19-38(43(3,41)42)23-13-14-26(32)24(16-23)30(33,34)35/h4-14,16,20,27H,15,17-19H2,1-3H3,(H,36,40). The fourth-order valence-corrected chi connectivity index (χ4v) is 5.55. The largest absolute Gasteiger partial charge is 0.417 e. The monoisotopic (exact) mass is 657 g/mol. The van der Waals surface area contributed by atoms with Gasteiger partial charge in [0, 0.05) is 24.5 Å². The summed E-state index contributed by atoms with van der Waals surface area (Å²) in [5.74, 6) is -1.20. The maximum absolute atomic E-state index is 14.1. The molecule has 0 heterocycles. The van der Waals surface area contributed by atoms with Gasteiger partial charge in [0.1, 0.15) is 12.6 Å². The average Bonchev–Trinajstić information content (AvgIpc) is 2.93. The van der Waals surface area contributed by atoms with Crippen LogP contribution in [0.15, 0.2) is 72.8 Å². The van der Waals surface area contributed by atoms with E-state index in [1.165, 1.54) is 4.90 Å². The first-order chi connectivity index (χ1) is 20.1. The fraction of sp³-hybridized carbons (Fsp3) is 0.333. The summed E-state index contributed by atoms with van der Waals surface area (Å²) in [6.45, 7) is 3.08. The normalized spacial score (nSPS) is 12.6. The van der Waals surface area contributed by atoms with E-state index in [4.69, 9.17) is 23.2 Å². The van der Waals surface area contributed by atoms with Crippen LogP contribution < -0.4 is 9.62 Å². The quantitative estimate of drug-likeness (QED) is 0.252. The summed E-state index contributed by atoms with van der Waals surface area (Å²) in [7, 11) is -4.28. The van der Waals surface area contributed by atoms with Crippen molar-refractivity contribution in [2.75, 3.05) is 23.7 Å². The number of nitrogens with zero attached hydrogens (tertiary/aromatic N) is 2. The maximum Gasteiger partial charge on any atom is 0.417 e. The minimum absolute atomic E-state index is 0.0823. The van der Waals surface area contributed by atoms with Gasteiger partial charge in [-0.15, -0.1) is 0 Å². The van der Waals surface area contributed by atoms with Gasteiger partial charge >= 0.3 is 6.18 Å². The molecule has 1 N–H and O–H groups in total. The van der Waals surface area contributed by atoms with Gasteiger partial charge in [0.2, 0.25) is 21.8 Å². The summed E-state index contributed by atoms with van der Waals surface area (Å²) in [6.07, 6.45) is -4.01. The van der Waals surface area contributed by atoms with E-state index in [1.807, 2.05) is 13.8 Å². The number of benzene rings is 3. The van der Waals surface area contributed by atoms with Gasteiger partial charge in [-0.2, -0.15) is 13.2 Å². The minimum atomic E-state index is -4.87. The molecule has 0 radical (unpaired) electrons. The number of anilines is 1. The van der Waals surface area contributed by atoms with Crippen LogP contribution in [0.4, 0.5) is 18.9 Å². The van der Waals surface area contributed by atoms with Crippen molar-refractivity contribution in [3.05, 3.63) is 99.5 Å². The molecule has 1 unspecified atom stereocenters. The lowest BCUT2D eigenvalue weighted by atomic mass is 10.0. The van der Waals surface area contributed by atoms with Crippen LogP contribution in [0, 0.1) is 5.92 Å². The molecule has 3 rings (SSSR count). The molecular formula is C30H32Cl2F3N3O4S. The van der Waals surface area contributed by atoms with E-state index < -0.39 is 56.9 Å². The molecule has 0 spiro atoms. The van der Waals surface area contributed by atoms with Gasteiger partial charge in [0.15, 0.2) is 0 Å². The number of hydrogen-bond acceptors (Lipinski definition) is 4. The summed E-state index contributed by atoms with van der Waals surface area (Å²) >= 11 is 12.2. The number of alkyl halides is 3. The third kappa shape index (κ3) is 9.61. The second-order valence-electron chi connectivity index (χ2n) is 10.4. The van der Waals surface area contributed by atoms with Crippen molar-refractivity contribution in [1.29, 1.82) is 0 Å². The molecular weight excluding hydrogens is 626 g/mol. The molecule has 0 saturated heterocycles. The van der Waals surface area contributed by atoms with Crippen LogP contribution >= 0.6 is 23.2 Å². The summed E-state index contributed by atoms with van der Waals surface area (Å²) in [4.78, 5) is 28.9. The molecule has 0 aliphatic heterocycles. The first-order valence-corrected chi connectivity index (χ1v) is 15.9. The van der Waals surface area contributed by atoms with Crippen LogP contribution in [0.25, 0.3) is 0 Å².